The van der Waals surface area contributed by atoms with Crippen molar-refractivity contribution < 1.29 is 4.79 Å². The van der Waals surface area contributed by atoms with E-state index in [-0.39, 0.29) is 5.78 Å². The van der Waals surface area contributed by atoms with E-state index in [1.54, 1.807) is 18.0 Å². The number of ketones is 1. The van der Waals surface area contributed by atoms with Gasteiger partial charge in [0, 0.05) is 23.9 Å². The molecule has 0 aliphatic carbocycles. The van der Waals surface area contributed by atoms with Gasteiger partial charge >= 0.3 is 0 Å². The molecule has 2 aromatic rings. The van der Waals surface area contributed by atoms with Gasteiger partial charge in [-0.05, 0) is 17.7 Å². The van der Waals surface area contributed by atoms with Gasteiger partial charge in [-0.15, -0.1) is 11.8 Å². The maximum Gasteiger partial charge on any atom is 0.165 e. The molecule has 1 aromatic carbocycles. The van der Waals surface area contributed by atoms with E-state index in [2.05, 4.69) is 17.1 Å². The van der Waals surface area contributed by atoms with Crippen LogP contribution in [0.2, 0.25) is 0 Å². The normalized spacial score (nSPS) is 10.3. The van der Waals surface area contributed by atoms with Crippen LogP contribution in [0, 0.1) is 0 Å². The summed E-state index contributed by atoms with van der Waals surface area (Å²) in [7, 11) is 0. The maximum absolute atomic E-state index is 11.8. The number of hydrogen-bond donors (Lipinski definition) is 0. The Morgan fingerprint density at radius 1 is 1.17 bits per heavy atom. The molecule has 0 spiro atoms. The highest BCUT2D eigenvalue weighted by molar-refractivity contribution is 7.98. The molecule has 0 aliphatic rings. The van der Waals surface area contributed by atoms with Crippen molar-refractivity contribution in [3.8, 4) is 0 Å². The molecule has 0 aliphatic heterocycles. The van der Waals surface area contributed by atoms with Crippen molar-refractivity contribution in [2.24, 2.45) is 0 Å². The summed E-state index contributed by atoms with van der Waals surface area (Å²) >= 11 is 1.61. The highest BCUT2D eigenvalue weighted by Crippen LogP contribution is 2.24. The molecule has 1 aromatic heterocycles. The number of hydrogen-bond acceptors (Lipinski definition) is 3. The van der Waals surface area contributed by atoms with Crippen LogP contribution in [0.4, 0.5) is 0 Å². The minimum Gasteiger partial charge on any atom is -0.294 e. The number of benzene rings is 1. The molecule has 0 saturated heterocycles. The second-order valence-electron chi connectivity index (χ2n) is 3.91. The van der Waals surface area contributed by atoms with Gasteiger partial charge in [0.1, 0.15) is 5.03 Å². The lowest BCUT2D eigenvalue weighted by Gasteiger charge is -2.06. The van der Waals surface area contributed by atoms with Gasteiger partial charge in [-0.2, -0.15) is 0 Å². The van der Waals surface area contributed by atoms with E-state index in [9.17, 15) is 4.79 Å². The Morgan fingerprint density at radius 3 is 2.67 bits per heavy atom. The Kier molecular flexibility index (Phi) is 4.53. The van der Waals surface area contributed by atoms with Crippen LogP contribution in [-0.4, -0.2) is 10.8 Å². The van der Waals surface area contributed by atoms with Crippen LogP contribution >= 0.6 is 11.8 Å². The number of pyridine rings is 1. The standard InChI is InChI=1S/C15H15NOS/c1-2-14(17)13-9-6-10-16-15(13)18-11-12-7-4-3-5-8-12/h3-10H,2,11H2,1H3. The Hall–Kier alpha value is -1.61. The summed E-state index contributed by atoms with van der Waals surface area (Å²) in [5.41, 5.74) is 1.98. The highest BCUT2D eigenvalue weighted by Gasteiger charge is 2.10. The van der Waals surface area contributed by atoms with Crippen LogP contribution in [0.1, 0.15) is 29.3 Å². The molecule has 3 heteroatoms. The number of aromatic nitrogens is 1. The molecule has 2 rings (SSSR count). The molecule has 0 bridgehead atoms. The average molecular weight is 257 g/mol. The van der Waals surface area contributed by atoms with Gasteiger partial charge in [0.05, 0.1) is 0 Å². The maximum atomic E-state index is 11.8. The molecule has 0 radical (unpaired) electrons. The SMILES string of the molecule is CCC(=O)c1cccnc1SCc1ccccc1. The molecule has 0 fully saturated rings. The van der Waals surface area contributed by atoms with E-state index in [1.807, 2.05) is 37.3 Å². The van der Waals surface area contributed by atoms with Gasteiger partial charge in [0.25, 0.3) is 0 Å². The predicted molar refractivity (Wildman–Crippen MR) is 74.9 cm³/mol. The summed E-state index contributed by atoms with van der Waals surface area (Å²) in [5.74, 6) is 0.987. The molecule has 2 nitrogen and oxygen atoms in total. The largest absolute Gasteiger partial charge is 0.294 e. The van der Waals surface area contributed by atoms with E-state index in [1.165, 1.54) is 5.56 Å². The van der Waals surface area contributed by atoms with Gasteiger partial charge < -0.3 is 0 Å². The summed E-state index contributed by atoms with van der Waals surface area (Å²) in [4.78, 5) is 16.1. The molecule has 92 valence electrons. The van der Waals surface area contributed by atoms with Gasteiger partial charge in [-0.3, -0.25) is 4.79 Å². The van der Waals surface area contributed by atoms with Crippen molar-refractivity contribution >= 4 is 17.5 Å². The molecule has 1 heterocycles. The fraction of sp³-hybridized carbons (Fsp3) is 0.200. The van der Waals surface area contributed by atoms with Crippen molar-refractivity contribution in [3.05, 3.63) is 59.8 Å². The van der Waals surface area contributed by atoms with Crippen LogP contribution in [-0.2, 0) is 5.75 Å². The molecule has 0 N–H and O–H groups in total. The van der Waals surface area contributed by atoms with E-state index in [0.29, 0.717) is 6.42 Å². The summed E-state index contributed by atoms with van der Waals surface area (Å²) in [6.07, 6.45) is 2.25. The Bertz CT molecular complexity index is 525. The van der Waals surface area contributed by atoms with Crippen LogP contribution < -0.4 is 0 Å². The van der Waals surface area contributed by atoms with Crippen molar-refractivity contribution in [1.82, 2.24) is 4.98 Å². The quantitative estimate of drug-likeness (QED) is 0.599. The molecule has 0 unspecified atom stereocenters. The lowest BCUT2D eigenvalue weighted by molar-refractivity contribution is 0.0984. The topological polar surface area (TPSA) is 30.0 Å². The number of carbonyl (C=O) groups excluding carboxylic acids is 1. The molecule has 0 amide bonds. The van der Waals surface area contributed by atoms with Crippen LogP contribution in [0.25, 0.3) is 0 Å². The smallest absolute Gasteiger partial charge is 0.165 e. The Balaban J connectivity index is 2.12. The lowest BCUT2D eigenvalue weighted by atomic mass is 10.1. The van der Waals surface area contributed by atoms with Crippen molar-refractivity contribution in [3.63, 3.8) is 0 Å². The average Bonchev–Trinajstić information content (AvgIpc) is 2.45. The lowest BCUT2D eigenvalue weighted by Crippen LogP contribution is -2.00. The van der Waals surface area contributed by atoms with E-state index >= 15 is 0 Å². The first-order valence-electron chi connectivity index (χ1n) is 5.96. The monoisotopic (exact) mass is 257 g/mol. The predicted octanol–water partition coefficient (Wildman–Crippen LogP) is 3.97. The van der Waals surface area contributed by atoms with Gasteiger partial charge in [-0.25, -0.2) is 4.98 Å². The number of Topliss-reactive ketones (excluding diaryl/α,β-unsaturated/α-hetero) is 1. The summed E-state index contributed by atoms with van der Waals surface area (Å²) in [6, 6.07) is 13.9. The van der Waals surface area contributed by atoms with E-state index < -0.39 is 0 Å². The van der Waals surface area contributed by atoms with Crippen LogP contribution in [0.5, 0.6) is 0 Å². The van der Waals surface area contributed by atoms with E-state index in [4.69, 9.17) is 0 Å². The Morgan fingerprint density at radius 2 is 1.94 bits per heavy atom. The van der Waals surface area contributed by atoms with Crippen LogP contribution in [0.3, 0.4) is 0 Å². The van der Waals surface area contributed by atoms with Crippen molar-refractivity contribution in [2.75, 3.05) is 0 Å². The second kappa shape index (κ2) is 6.36. The summed E-state index contributed by atoms with van der Waals surface area (Å²) in [6.45, 7) is 1.88. The fourth-order valence-corrected chi connectivity index (χ4v) is 2.60. The molecule has 18 heavy (non-hydrogen) atoms. The first-order chi connectivity index (χ1) is 8.81. The highest BCUT2D eigenvalue weighted by atomic mass is 32.2. The number of nitrogens with zero attached hydrogens (tertiary/aromatic N) is 1. The number of carbonyl (C=O) groups is 1. The molecular weight excluding hydrogens is 242 g/mol. The molecular formula is C15H15NOS. The summed E-state index contributed by atoms with van der Waals surface area (Å²) in [5, 5.41) is 0.827. The third kappa shape index (κ3) is 3.20. The second-order valence-corrected chi connectivity index (χ2v) is 4.87. The van der Waals surface area contributed by atoms with Gasteiger partial charge in [0.2, 0.25) is 0 Å². The first-order valence-corrected chi connectivity index (χ1v) is 6.94. The third-order valence-electron chi connectivity index (χ3n) is 2.61. The number of rotatable bonds is 5. The zero-order chi connectivity index (χ0) is 12.8. The minimum absolute atomic E-state index is 0.152. The molecule has 0 saturated carbocycles. The zero-order valence-electron chi connectivity index (χ0n) is 10.3. The van der Waals surface area contributed by atoms with Crippen molar-refractivity contribution in [2.45, 2.75) is 24.1 Å². The number of thioether (sulfide) groups is 1. The van der Waals surface area contributed by atoms with Crippen molar-refractivity contribution in [1.29, 1.82) is 0 Å². The van der Waals surface area contributed by atoms with Crippen LogP contribution in [0.15, 0.2) is 53.7 Å². The Labute approximate surface area is 111 Å². The zero-order valence-corrected chi connectivity index (χ0v) is 11.1. The van der Waals surface area contributed by atoms with Gasteiger partial charge in [0.15, 0.2) is 5.78 Å². The minimum atomic E-state index is 0.152. The summed E-state index contributed by atoms with van der Waals surface area (Å²) < 4.78 is 0. The van der Waals surface area contributed by atoms with Gasteiger partial charge in [-0.1, -0.05) is 37.3 Å². The van der Waals surface area contributed by atoms with E-state index in [0.717, 1.165) is 16.3 Å². The fourth-order valence-electron chi connectivity index (χ4n) is 1.63. The molecule has 0 atom stereocenters. The first kappa shape index (κ1) is 12.8. The third-order valence-corrected chi connectivity index (χ3v) is 3.69.